The number of nitrogens with zero attached hydrogens (tertiary/aromatic N) is 1. The number of carbonyl (C=O) groups is 2. The van der Waals surface area contributed by atoms with Gasteiger partial charge in [0, 0.05) is 6.54 Å². The summed E-state index contributed by atoms with van der Waals surface area (Å²) in [6.45, 7) is 3.42. The largest absolute Gasteiger partial charge is 0.305 e. The van der Waals surface area contributed by atoms with Gasteiger partial charge in [-0.2, -0.15) is 0 Å². The van der Waals surface area contributed by atoms with Gasteiger partial charge in [0.2, 0.25) is 11.8 Å². The summed E-state index contributed by atoms with van der Waals surface area (Å²) in [7, 11) is 0. The maximum absolute atomic E-state index is 12.0. The summed E-state index contributed by atoms with van der Waals surface area (Å²) in [5.74, 6) is 0.796. The standard InChI is InChI=1S/C14H24N2O2/c1-2-9-16-13(17)10-12(14(16)18)15-8-7-11-5-3-4-6-11/h11-12,15H,2-10H2,1H3. The van der Waals surface area contributed by atoms with Gasteiger partial charge in [0.05, 0.1) is 12.5 Å². The number of likely N-dealkylation sites (tertiary alicyclic amines) is 1. The predicted molar refractivity (Wildman–Crippen MR) is 70.0 cm³/mol. The van der Waals surface area contributed by atoms with Crippen LogP contribution in [0.4, 0.5) is 0 Å². The molecular formula is C14H24N2O2. The van der Waals surface area contributed by atoms with Gasteiger partial charge in [-0.15, -0.1) is 0 Å². The Morgan fingerprint density at radius 1 is 1.28 bits per heavy atom. The Hall–Kier alpha value is -0.900. The molecule has 1 saturated carbocycles. The van der Waals surface area contributed by atoms with Gasteiger partial charge >= 0.3 is 0 Å². The fourth-order valence-corrected chi connectivity index (χ4v) is 3.06. The van der Waals surface area contributed by atoms with Gasteiger partial charge in [-0.25, -0.2) is 0 Å². The zero-order chi connectivity index (χ0) is 13.0. The van der Waals surface area contributed by atoms with Gasteiger partial charge in [0.15, 0.2) is 0 Å². The fraction of sp³-hybridized carbons (Fsp3) is 0.857. The molecule has 4 nitrogen and oxygen atoms in total. The highest BCUT2D eigenvalue weighted by atomic mass is 16.2. The molecule has 1 heterocycles. The first-order valence-electron chi connectivity index (χ1n) is 7.30. The Morgan fingerprint density at radius 3 is 2.67 bits per heavy atom. The van der Waals surface area contributed by atoms with Gasteiger partial charge in [-0.05, 0) is 25.3 Å². The maximum Gasteiger partial charge on any atom is 0.246 e. The third-order valence-electron chi connectivity index (χ3n) is 4.11. The van der Waals surface area contributed by atoms with Crippen LogP contribution in [0.5, 0.6) is 0 Å². The lowest BCUT2D eigenvalue weighted by molar-refractivity contribution is -0.138. The van der Waals surface area contributed by atoms with Crippen molar-refractivity contribution in [1.29, 1.82) is 0 Å². The van der Waals surface area contributed by atoms with E-state index in [4.69, 9.17) is 0 Å². The molecule has 0 aromatic rings. The molecule has 4 heteroatoms. The SMILES string of the molecule is CCCN1C(=O)CC(NCCC2CCCC2)C1=O. The lowest BCUT2D eigenvalue weighted by atomic mass is 10.0. The summed E-state index contributed by atoms with van der Waals surface area (Å²) in [5, 5.41) is 3.27. The molecule has 1 saturated heterocycles. The first-order valence-corrected chi connectivity index (χ1v) is 7.30. The van der Waals surface area contributed by atoms with Crippen molar-refractivity contribution in [2.24, 2.45) is 5.92 Å². The number of nitrogens with one attached hydrogen (secondary N) is 1. The van der Waals surface area contributed by atoms with Crippen LogP contribution in [-0.4, -0.2) is 35.8 Å². The van der Waals surface area contributed by atoms with Gasteiger partial charge < -0.3 is 5.32 Å². The van der Waals surface area contributed by atoms with E-state index in [1.54, 1.807) is 0 Å². The molecule has 1 unspecified atom stereocenters. The Labute approximate surface area is 109 Å². The van der Waals surface area contributed by atoms with Crippen LogP contribution in [0.1, 0.15) is 51.9 Å². The van der Waals surface area contributed by atoms with E-state index in [9.17, 15) is 9.59 Å². The summed E-state index contributed by atoms with van der Waals surface area (Å²) >= 11 is 0. The maximum atomic E-state index is 12.0. The van der Waals surface area contributed by atoms with E-state index in [0.717, 1.165) is 25.3 Å². The summed E-state index contributed by atoms with van der Waals surface area (Å²) in [6.07, 6.45) is 7.72. The average Bonchev–Trinajstić information content (AvgIpc) is 2.94. The topological polar surface area (TPSA) is 49.4 Å². The van der Waals surface area contributed by atoms with E-state index in [-0.39, 0.29) is 17.9 Å². The molecule has 0 spiro atoms. The van der Waals surface area contributed by atoms with Crippen LogP contribution >= 0.6 is 0 Å². The van der Waals surface area contributed by atoms with Crippen molar-refractivity contribution in [2.75, 3.05) is 13.1 Å². The van der Waals surface area contributed by atoms with Crippen molar-refractivity contribution in [2.45, 2.75) is 57.9 Å². The number of imide groups is 1. The number of hydrogen-bond acceptors (Lipinski definition) is 3. The number of carbonyl (C=O) groups excluding carboxylic acids is 2. The van der Waals surface area contributed by atoms with Crippen molar-refractivity contribution < 1.29 is 9.59 Å². The molecule has 1 atom stereocenters. The Balaban J connectivity index is 1.73. The highest BCUT2D eigenvalue weighted by Gasteiger charge is 2.37. The van der Waals surface area contributed by atoms with E-state index in [2.05, 4.69) is 5.32 Å². The average molecular weight is 252 g/mol. The molecule has 2 aliphatic rings. The second kappa shape index (κ2) is 6.32. The zero-order valence-electron chi connectivity index (χ0n) is 11.3. The van der Waals surface area contributed by atoms with Gasteiger partial charge in [0.1, 0.15) is 0 Å². The van der Waals surface area contributed by atoms with E-state index in [1.807, 2.05) is 6.92 Å². The van der Waals surface area contributed by atoms with Crippen molar-refractivity contribution in [1.82, 2.24) is 10.2 Å². The molecule has 0 bridgehead atoms. The van der Waals surface area contributed by atoms with Crippen LogP contribution in [0.15, 0.2) is 0 Å². The van der Waals surface area contributed by atoms with Gasteiger partial charge in [-0.1, -0.05) is 32.6 Å². The first kappa shape index (κ1) is 13.5. The molecule has 18 heavy (non-hydrogen) atoms. The first-order chi connectivity index (χ1) is 8.72. The molecule has 1 N–H and O–H groups in total. The second-order valence-electron chi connectivity index (χ2n) is 5.53. The second-order valence-corrected chi connectivity index (χ2v) is 5.53. The Bertz CT molecular complexity index is 311. The molecule has 1 aliphatic heterocycles. The van der Waals surface area contributed by atoms with E-state index in [1.165, 1.54) is 30.6 Å². The van der Waals surface area contributed by atoms with Crippen LogP contribution in [0.25, 0.3) is 0 Å². The minimum atomic E-state index is -0.259. The molecule has 2 fully saturated rings. The van der Waals surface area contributed by atoms with Crippen molar-refractivity contribution in [3.05, 3.63) is 0 Å². The minimum Gasteiger partial charge on any atom is -0.305 e. The number of rotatable bonds is 6. The third-order valence-corrected chi connectivity index (χ3v) is 4.11. The Kier molecular flexibility index (Phi) is 4.75. The van der Waals surface area contributed by atoms with E-state index < -0.39 is 0 Å². The van der Waals surface area contributed by atoms with Crippen LogP contribution in [0.3, 0.4) is 0 Å². The highest BCUT2D eigenvalue weighted by Crippen LogP contribution is 2.27. The Morgan fingerprint density at radius 2 is 2.00 bits per heavy atom. The highest BCUT2D eigenvalue weighted by molar-refractivity contribution is 6.05. The van der Waals surface area contributed by atoms with Crippen molar-refractivity contribution in [3.63, 3.8) is 0 Å². The fourth-order valence-electron chi connectivity index (χ4n) is 3.06. The van der Waals surface area contributed by atoms with E-state index in [0.29, 0.717) is 13.0 Å². The van der Waals surface area contributed by atoms with Crippen molar-refractivity contribution in [3.8, 4) is 0 Å². The van der Waals surface area contributed by atoms with E-state index >= 15 is 0 Å². The van der Waals surface area contributed by atoms with Crippen LogP contribution < -0.4 is 5.32 Å². The summed E-state index contributed by atoms with van der Waals surface area (Å²) < 4.78 is 0. The molecule has 1 aliphatic carbocycles. The van der Waals surface area contributed by atoms with Gasteiger partial charge in [-0.3, -0.25) is 14.5 Å². The third kappa shape index (κ3) is 3.10. The molecule has 0 aromatic heterocycles. The van der Waals surface area contributed by atoms with Crippen LogP contribution in [0, 0.1) is 5.92 Å². The lowest BCUT2D eigenvalue weighted by Crippen LogP contribution is -2.39. The molecule has 2 rings (SSSR count). The lowest BCUT2D eigenvalue weighted by Gasteiger charge is -2.15. The van der Waals surface area contributed by atoms with Crippen LogP contribution in [0.2, 0.25) is 0 Å². The summed E-state index contributed by atoms with van der Waals surface area (Å²) in [4.78, 5) is 25.1. The molecule has 2 amide bonds. The molecular weight excluding hydrogens is 228 g/mol. The van der Waals surface area contributed by atoms with Gasteiger partial charge in [0.25, 0.3) is 0 Å². The zero-order valence-corrected chi connectivity index (χ0v) is 11.3. The smallest absolute Gasteiger partial charge is 0.246 e. The number of hydrogen-bond donors (Lipinski definition) is 1. The van der Waals surface area contributed by atoms with Crippen molar-refractivity contribution >= 4 is 11.8 Å². The predicted octanol–water partition coefficient (Wildman–Crippen LogP) is 1.69. The minimum absolute atomic E-state index is 0.0137. The summed E-state index contributed by atoms with van der Waals surface area (Å²) in [6, 6.07) is -0.259. The monoisotopic (exact) mass is 252 g/mol. The molecule has 0 aromatic carbocycles. The summed E-state index contributed by atoms with van der Waals surface area (Å²) in [5.41, 5.74) is 0. The quantitative estimate of drug-likeness (QED) is 0.732. The van der Waals surface area contributed by atoms with Crippen LogP contribution in [-0.2, 0) is 9.59 Å². The number of amides is 2. The molecule has 0 radical (unpaired) electrons. The molecule has 102 valence electrons. The normalized spacial score (nSPS) is 25.4.